The van der Waals surface area contributed by atoms with Crippen LogP contribution in [0.25, 0.3) is 0 Å². The summed E-state index contributed by atoms with van der Waals surface area (Å²) >= 11 is 1.57. The third kappa shape index (κ3) is 4.66. The molecule has 5 heteroatoms. The number of benzene rings is 1. The first kappa shape index (κ1) is 17.2. The van der Waals surface area contributed by atoms with Crippen LogP contribution < -0.4 is 10.6 Å². The Morgan fingerprint density at radius 1 is 1.09 bits per heavy atom. The van der Waals surface area contributed by atoms with Crippen LogP contribution in [-0.2, 0) is 17.6 Å². The summed E-state index contributed by atoms with van der Waals surface area (Å²) in [7, 11) is 0. The van der Waals surface area contributed by atoms with E-state index in [1.165, 1.54) is 17.4 Å². The predicted octanol–water partition coefficient (Wildman–Crippen LogP) is 4.47. The lowest BCUT2D eigenvalue weighted by Crippen LogP contribution is -2.11. The Morgan fingerprint density at radius 3 is 2.39 bits per heavy atom. The molecule has 0 spiro atoms. The van der Waals surface area contributed by atoms with Gasteiger partial charge in [0.1, 0.15) is 0 Å². The van der Waals surface area contributed by atoms with Gasteiger partial charge in [-0.3, -0.25) is 9.59 Å². The van der Waals surface area contributed by atoms with Crippen molar-refractivity contribution in [3.63, 3.8) is 0 Å². The second-order valence-electron chi connectivity index (χ2n) is 5.38. The lowest BCUT2D eigenvalue weighted by atomic mass is 10.1. The molecule has 0 radical (unpaired) electrons. The van der Waals surface area contributed by atoms with E-state index in [-0.39, 0.29) is 11.8 Å². The largest absolute Gasteiger partial charge is 0.326 e. The van der Waals surface area contributed by atoms with E-state index in [9.17, 15) is 9.59 Å². The highest BCUT2D eigenvalue weighted by Crippen LogP contribution is 2.26. The Balaban J connectivity index is 2.14. The summed E-state index contributed by atoms with van der Waals surface area (Å²) in [6.45, 7) is 5.71. The van der Waals surface area contributed by atoms with Gasteiger partial charge in [0.15, 0.2) is 0 Å². The summed E-state index contributed by atoms with van der Waals surface area (Å²) in [5, 5.41) is 5.61. The number of nitrogens with one attached hydrogen (secondary N) is 2. The molecular weight excluding hydrogens is 308 g/mol. The number of anilines is 2. The Bertz CT molecular complexity index is 707. The van der Waals surface area contributed by atoms with E-state index in [1.807, 2.05) is 12.1 Å². The maximum absolute atomic E-state index is 12.4. The monoisotopic (exact) mass is 330 g/mol. The molecule has 0 aliphatic rings. The van der Waals surface area contributed by atoms with Crippen molar-refractivity contribution in [3.8, 4) is 0 Å². The highest BCUT2D eigenvalue weighted by atomic mass is 32.1. The maximum atomic E-state index is 12.4. The fourth-order valence-electron chi connectivity index (χ4n) is 2.39. The number of carbonyl (C=O) groups is 2. The molecule has 0 saturated carbocycles. The van der Waals surface area contributed by atoms with Crippen LogP contribution in [0, 0.1) is 0 Å². The third-order valence-corrected chi connectivity index (χ3v) is 4.66. The standard InChI is InChI=1S/C18H22N2O2S/c1-4-7-16-13(5-2)10-17(23-16)18(22)20-15-9-6-8-14(11-15)19-12(3)21/h6,8-11H,4-5,7H2,1-3H3,(H,19,21)(H,20,22). The number of thiophene rings is 1. The maximum Gasteiger partial charge on any atom is 0.265 e. The van der Waals surface area contributed by atoms with E-state index in [0.29, 0.717) is 11.4 Å². The molecule has 1 heterocycles. The van der Waals surface area contributed by atoms with Crippen LogP contribution in [0.2, 0.25) is 0 Å². The second kappa shape index (κ2) is 7.92. The molecule has 2 N–H and O–H groups in total. The minimum Gasteiger partial charge on any atom is -0.326 e. The smallest absolute Gasteiger partial charge is 0.265 e. The summed E-state index contributed by atoms with van der Waals surface area (Å²) in [4.78, 5) is 25.6. The zero-order valence-electron chi connectivity index (χ0n) is 13.7. The summed E-state index contributed by atoms with van der Waals surface area (Å²) in [6, 6.07) is 9.14. The Kier molecular flexibility index (Phi) is 5.93. The first-order chi connectivity index (χ1) is 11.0. The molecule has 2 amide bonds. The van der Waals surface area contributed by atoms with Crippen molar-refractivity contribution in [2.45, 2.75) is 40.0 Å². The molecule has 0 saturated heterocycles. The van der Waals surface area contributed by atoms with Crippen LogP contribution in [0.1, 0.15) is 47.3 Å². The van der Waals surface area contributed by atoms with Gasteiger partial charge in [-0.05, 0) is 42.7 Å². The van der Waals surface area contributed by atoms with Gasteiger partial charge in [0.25, 0.3) is 5.91 Å². The van der Waals surface area contributed by atoms with Crippen LogP contribution in [0.5, 0.6) is 0 Å². The van der Waals surface area contributed by atoms with Gasteiger partial charge in [-0.15, -0.1) is 11.3 Å². The number of rotatable bonds is 6. The predicted molar refractivity (Wildman–Crippen MR) is 96.4 cm³/mol. The molecule has 1 aromatic heterocycles. The van der Waals surface area contributed by atoms with Crippen molar-refractivity contribution >= 4 is 34.5 Å². The number of hydrogen-bond donors (Lipinski definition) is 2. The van der Waals surface area contributed by atoms with Gasteiger partial charge in [-0.1, -0.05) is 26.3 Å². The number of hydrogen-bond acceptors (Lipinski definition) is 3. The molecule has 122 valence electrons. The first-order valence-corrected chi connectivity index (χ1v) is 8.65. The van der Waals surface area contributed by atoms with Crippen molar-refractivity contribution in [2.24, 2.45) is 0 Å². The van der Waals surface area contributed by atoms with Crippen LogP contribution >= 0.6 is 11.3 Å². The molecule has 0 bridgehead atoms. The molecule has 23 heavy (non-hydrogen) atoms. The van der Waals surface area contributed by atoms with Crippen molar-refractivity contribution in [3.05, 3.63) is 45.6 Å². The fourth-order valence-corrected chi connectivity index (χ4v) is 3.64. The zero-order valence-corrected chi connectivity index (χ0v) is 14.5. The van der Waals surface area contributed by atoms with Crippen molar-refractivity contribution in [1.29, 1.82) is 0 Å². The van der Waals surface area contributed by atoms with Crippen LogP contribution in [0.3, 0.4) is 0 Å². The second-order valence-corrected chi connectivity index (χ2v) is 6.52. The van der Waals surface area contributed by atoms with Gasteiger partial charge in [-0.2, -0.15) is 0 Å². The van der Waals surface area contributed by atoms with E-state index >= 15 is 0 Å². The molecule has 2 aromatic rings. The van der Waals surface area contributed by atoms with Crippen LogP contribution in [0.15, 0.2) is 30.3 Å². The molecule has 1 aromatic carbocycles. The molecule has 0 fully saturated rings. The zero-order chi connectivity index (χ0) is 16.8. The van der Waals surface area contributed by atoms with Gasteiger partial charge in [0.05, 0.1) is 4.88 Å². The third-order valence-electron chi connectivity index (χ3n) is 3.42. The molecule has 4 nitrogen and oxygen atoms in total. The minimum absolute atomic E-state index is 0.105. The van der Waals surface area contributed by atoms with Crippen molar-refractivity contribution in [2.75, 3.05) is 10.6 Å². The van der Waals surface area contributed by atoms with E-state index in [4.69, 9.17) is 0 Å². The van der Waals surface area contributed by atoms with E-state index in [1.54, 1.807) is 29.5 Å². The number of amides is 2. The van der Waals surface area contributed by atoms with E-state index in [0.717, 1.165) is 24.1 Å². The lowest BCUT2D eigenvalue weighted by Gasteiger charge is -2.06. The highest BCUT2D eigenvalue weighted by molar-refractivity contribution is 7.14. The van der Waals surface area contributed by atoms with Crippen LogP contribution in [0.4, 0.5) is 11.4 Å². The highest BCUT2D eigenvalue weighted by Gasteiger charge is 2.13. The van der Waals surface area contributed by atoms with Gasteiger partial charge < -0.3 is 10.6 Å². The molecular formula is C18H22N2O2S. The van der Waals surface area contributed by atoms with Gasteiger partial charge in [0, 0.05) is 23.2 Å². The SMILES string of the molecule is CCCc1sc(C(=O)Nc2cccc(NC(C)=O)c2)cc1CC. The Morgan fingerprint density at radius 2 is 1.78 bits per heavy atom. The lowest BCUT2D eigenvalue weighted by molar-refractivity contribution is -0.114. The first-order valence-electron chi connectivity index (χ1n) is 7.84. The topological polar surface area (TPSA) is 58.2 Å². The quantitative estimate of drug-likeness (QED) is 0.821. The summed E-state index contributed by atoms with van der Waals surface area (Å²) in [5.41, 5.74) is 2.60. The average Bonchev–Trinajstić information content (AvgIpc) is 2.90. The molecule has 0 atom stereocenters. The molecule has 0 unspecified atom stereocenters. The van der Waals surface area contributed by atoms with Gasteiger partial charge >= 0.3 is 0 Å². The van der Waals surface area contributed by atoms with Gasteiger partial charge in [0.2, 0.25) is 5.91 Å². The minimum atomic E-state index is -0.136. The molecule has 2 rings (SSSR count). The normalized spacial score (nSPS) is 10.4. The fraction of sp³-hybridized carbons (Fsp3) is 0.333. The van der Waals surface area contributed by atoms with Crippen LogP contribution in [-0.4, -0.2) is 11.8 Å². The summed E-state index contributed by atoms with van der Waals surface area (Å²) in [5.74, 6) is -0.240. The average molecular weight is 330 g/mol. The summed E-state index contributed by atoms with van der Waals surface area (Å²) in [6.07, 6.45) is 3.03. The van der Waals surface area contributed by atoms with E-state index in [2.05, 4.69) is 24.5 Å². The molecule has 0 aliphatic heterocycles. The molecule has 0 aliphatic carbocycles. The number of carbonyl (C=O) groups excluding carboxylic acids is 2. The summed E-state index contributed by atoms with van der Waals surface area (Å²) < 4.78 is 0. The van der Waals surface area contributed by atoms with Gasteiger partial charge in [-0.25, -0.2) is 0 Å². The van der Waals surface area contributed by atoms with Crippen molar-refractivity contribution in [1.82, 2.24) is 0 Å². The van der Waals surface area contributed by atoms with Crippen molar-refractivity contribution < 1.29 is 9.59 Å². The Labute approximate surface area is 140 Å². The number of aryl methyl sites for hydroxylation is 2. The van der Waals surface area contributed by atoms with E-state index < -0.39 is 0 Å². The Hall–Kier alpha value is -2.14.